The number of hydrogen-bond acceptors (Lipinski definition) is 2. The first kappa shape index (κ1) is 36.6. The lowest BCUT2D eigenvalue weighted by Gasteiger charge is -2.32. The number of allylic oxidation sites excluding steroid dienone is 4. The molecule has 1 heterocycles. The number of piperidine rings is 1. The quantitative estimate of drug-likeness (QED) is 0.126. The molecule has 0 aliphatic carbocycles. The maximum absolute atomic E-state index is 4.36. The minimum Gasteiger partial charge on any atom is -0.385 e. The van der Waals surface area contributed by atoms with Crippen LogP contribution in [-0.4, -0.2) is 24.5 Å². The Morgan fingerprint density at radius 2 is 1.71 bits per heavy atom. The zero-order chi connectivity index (χ0) is 32.6. The third-order valence-corrected chi connectivity index (χ3v) is 10.0. The predicted molar refractivity (Wildman–Crippen MR) is 200 cm³/mol. The van der Waals surface area contributed by atoms with Gasteiger partial charge in [-0.05, 0) is 130 Å². The van der Waals surface area contributed by atoms with Crippen LogP contribution in [0, 0.1) is 18.8 Å². The van der Waals surface area contributed by atoms with E-state index in [0.717, 1.165) is 49.0 Å². The van der Waals surface area contributed by atoms with Crippen LogP contribution in [0.4, 0.5) is 0 Å². The van der Waals surface area contributed by atoms with Crippen molar-refractivity contribution in [3.8, 4) is 11.1 Å². The van der Waals surface area contributed by atoms with Crippen LogP contribution in [0.15, 0.2) is 90.2 Å². The predicted octanol–water partition coefficient (Wildman–Crippen LogP) is 11.8. The van der Waals surface area contributed by atoms with E-state index >= 15 is 0 Å². The zero-order valence-electron chi connectivity index (χ0n) is 29.8. The summed E-state index contributed by atoms with van der Waals surface area (Å²) in [6, 6.07) is 16.1. The average Bonchev–Trinajstić information content (AvgIpc) is 3.04. The van der Waals surface area contributed by atoms with Gasteiger partial charge >= 0.3 is 0 Å². The van der Waals surface area contributed by atoms with Gasteiger partial charge in [-0.3, -0.25) is 4.90 Å². The summed E-state index contributed by atoms with van der Waals surface area (Å²) >= 11 is 0. The number of unbranched alkanes of at least 4 members (excludes halogenated alkanes) is 1. The van der Waals surface area contributed by atoms with Crippen molar-refractivity contribution in [3.63, 3.8) is 0 Å². The highest BCUT2D eigenvalue weighted by Crippen LogP contribution is 2.31. The highest BCUT2D eigenvalue weighted by Gasteiger charge is 2.20. The van der Waals surface area contributed by atoms with E-state index in [1.807, 2.05) is 6.08 Å². The fraction of sp³-hybridized carbons (Fsp3) is 0.535. The molecule has 1 saturated heterocycles. The molecule has 1 aliphatic rings. The van der Waals surface area contributed by atoms with Gasteiger partial charge in [0.1, 0.15) is 0 Å². The van der Waals surface area contributed by atoms with E-state index < -0.39 is 0 Å². The van der Waals surface area contributed by atoms with Crippen molar-refractivity contribution >= 4 is 0 Å². The summed E-state index contributed by atoms with van der Waals surface area (Å²) in [5.74, 6) is 1.51. The SMILES string of the molecule is C=CC(=CC/C(C)=C(\C)CC1CCN(Cc2ccc(C)c(-c3ccccc3CCC)c2)CC1)C(=C)NCC(CCC)CCCC. The van der Waals surface area contributed by atoms with Crippen molar-refractivity contribution in [2.75, 3.05) is 19.6 Å². The van der Waals surface area contributed by atoms with Gasteiger partial charge in [0.05, 0.1) is 0 Å². The zero-order valence-corrected chi connectivity index (χ0v) is 29.8. The molecular formula is C43H64N2. The summed E-state index contributed by atoms with van der Waals surface area (Å²) < 4.78 is 0. The van der Waals surface area contributed by atoms with Gasteiger partial charge in [0, 0.05) is 18.8 Å². The standard InChI is InChI=1S/C43H64N2/c1-9-13-18-38(16-10-2)31-44-36(8)40(12-4)24-22-33(5)35(7)29-37-25-27-45(28-26-37)32-39-23-21-34(6)43(30-39)42-20-15-14-19-41(42)17-11-3/h12,14-15,19-21,23-24,30,37-38,44H,4,8-11,13,16-18,22,25-29,31-32H2,1-3,5-7H3/b35-33+,40-24?. The summed E-state index contributed by atoms with van der Waals surface area (Å²) in [6.45, 7) is 26.7. The van der Waals surface area contributed by atoms with Gasteiger partial charge in [0.2, 0.25) is 0 Å². The summed E-state index contributed by atoms with van der Waals surface area (Å²) in [6.07, 6.45) is 17.8. The van der Waals surface area contributed by atoms with E-state index in [-0.39, 0.29) is 0 Å². The Morgan fingerprint density at radius 1 is 0.956 bits per heavy atom. The minimum absolute atomic E-state index is 0.732. The number of aryl methyl sites for hydroxylation is 2. The van der Waals surface area contributed by atoms with E-state index in [1.54, 1.807) is 5.57 Å². The molecule has 0 radical (unpaired) electrons. The van der Waals surface area contributed by atoms with Crippen LogP contribution in [0.3, 0.4) is 0 Å². The van der Waals surface area contributed by atoms with E-state index in [9.17, 15) is 0 Å². The smallest absolute Gasteiger partial charge is 0.0337 e. The molecule has 0 saturated carbocycles. The monoisotopic (exact) mass is 609 g/mol. The second-order valence-corrected chi connectivity index (χ2v) is 13.8. The molecule has 2 heteroatoms. The Hall–Kier alpha value is -2.84. The van der Waals surface area contributed by atoms with E-state index in [1.165, 1.54) is 104 Å². The molecule has 1 unspecified atom stereocenters. The van der Waals surface area contributed by atoms with Gasteiger partial charge in [-0.25, -0.2) is 0 Å². The molecular weight excluding hydrogens is 544 g/mol. The van der Waals surface area contributed by atoms with Crippen molar-refractivity contribution < 1.29 is 0 Å². The topological polar surface area (TPSA) is 15.3 Å². The van der Waals surface area contributed by atoms with Crippen LogP contribution < -0.4 is 5.32 Å². The van der Waals surface area contributed by atoms with Crippen molar-refractivity contribution in [2.45, 2.75) is 119 Å². The van der Waals surface area contributed by atoms with Gasteiger partial charge in [-0.1, -0.05) is 119 Å². The third-order valence-electron chi connectivity index (χ3n) is 10.0. The van der Waals surface area contributed by atoms with Crippen molar-refractivity contribution in [2.24, 2.45) is 11.8 Å². The van der Waals surface area contributed by atoms with Gasteiger partial charge in [-0.2, -0.15) is 0 Å². The van der Waals surface area contributed by atoms with Crippen LogP contribution in [-0.2, 0) is 13.0 Å². The average molecular weight is 609 g/mol. The van der Waals surface area contributed by atoms with Gasteiger partial charge in [0.15, 0.2) is 0 Å². The van der Waals surface area contributed by atoms with Crippen LogP contribution in [0.1, 0.15) is 116 Å². The molecule has 1 aliphatic heterocycles. The summed E-state index contributed by atoms with van der Waals surface area (Å²) in [5.41, 5.74) is 12.3. The summed E-state index contributed by atoms with van der Waals surface area (Å²) in [4.78, 5) is 2.67. The first-order chi connectivity index (χ1) is 21.8. The lowest BCUT2D eigenvalue weighted by molar-refractivity contribution is 0.177. The Labute approximate surface area is 277 Å². The maximum Gasteiger partial charge on any atom is 0.0337 e. The molecule has 2 aromatic carbocycles. The molecule has 1 atom stereocenters. The van der Waals surface area contributed by atoms with E-state index in [2.05, 4.69) is 113 Å². The second-order valence-electron chi connectivity index (χ2n) is 13.8. The van der Waals surface area contributed by atoms with Crippen molar-refractivity contribution in [1.29, 1.82) is 0 Å². The van der Waals surface area contributed by atoms with Crippen LogP contribution in [0.5, 0.6) is 0 Å². The molecule has 2 nitrogen and oxygen atoms in total. The normalized spacial score (nSPS) is 15.9. The number of hydrogen-bond donors (Lipinski definition) is 1. The van der Waals surface area contributed by atoms with E-state index in [0.29, 0.717) is 0 Å². The Bertz CT molecular complexity index is 1270. The Balaban J connectivity index is 1.51. The first-order valence-corrected chi connectivity index (χ1v) is 18.1. The van der Waals surface area contributed by atoms with Crippen LogP contribution in [0.25, 0.3) is 11.1 Å². The van der Waals surface area contributed by atoms with Gasteiger partial charge in [-0.15, -0.1) is 0 Å². The Morgan fingerprint density at radius 3 is 2.40 bits per heavy atom. The number of rotatable bonds is 19. The van der Waals surface area contributed by atoms with Crippen LogP contribution in [0.2, 0.25) is 0 Å². The Kier molecular flexibility index (Phi) is 16.0. The molecule has 246 valence electrons. The maximum atomic E-state index is 4.36. The number of benzene rings is 2. The van der Waals surface area contributed by atoms with Crippen molar-refractivity contribution in [1.82, 2.24) is 10.2 Å². The first-order valence-electron chi connectivity index (χ1n) is 18.1. The lowest BCUT2D eigenvalue weighted by Crippen LogP contribution is -2.33. The third kappa shape index (κ3) is 11.8. The van der Waals surface area contributed by atoms with E-state index in [4.69, 9.17) is 0 Å². The molecule has 3 rings (SSSR count). The molecule has 1 N–H and O–H groups in total. The number of nitrogens with one attached hydrogen (secondary N) is 1. The second kappa shape index (κ2) is 19.6. The highest BCUT2D eigenvalue weighted by molar-refractivity contribution is 5.71. The largest absolute Gasteiger partial charge is 0.385 e. The van der Waals surface area contributed by atoms with Crippen molar-refractivity contribution in [3.05, 3.63) is 107 Å². The summed E-state index contributed by atoms with van der Waals surface area (Å²) in [5, 5.41) is 3.63. The summed E-state index contributed by atoms with van der Waals surface area (Å²) in [7, 11) is 0. The molecule has 1 fully saturated rings. The molecule has 0 bridgehead atoms. The minimum atomic E-state index is 0.732. The molecule has 2 aromatic rings. The number of nitrogens with zero attached hydrogens (tertiary/aromatic N) is 1. The van der Waals surface area contributed by atoms with Crippen LogP contribution >= 0.6 is 0 Å². The number of likely N-dealkylation sites (tertiary alicyclic amines) is 1. The fourth-order valence-corrected chi connectivity index (χ4v) is 6.93. The molecule has 0 amide bonds. The molecule has 45 heavy (non-hydrogen) atoms. The lowest BCUT2D eigenvalue weighted by atomic mass is 9.88. The molecule has 0 spiro atoms. The van der Waals surface area contributed by atoms with Gasteiger partial charge < -0.3 is 5.32 Å². The van der Waals surface area contributed by atoms with Gasteiger partial charge in [0.25, 0.3) is 0 Å². The highest BCUT2D eigenvalue weighted by atomic mass is 15.1. The fourth-order valence-electron chi connectivity index (χ4n) is 6.93. The molecule has 0 aromatic heterocycles.